The summed E-state index contributed by atoms with van der Waals surface area (Å²) in [5.41, 5.74) is 7.14. The fraction of sp³-hybridized carbons (Fsp3) is 0.189. The van der Waals surface area contributed by atoms with Gasteiger partial charge in [0.15, 0.2) is 0 Å². The number of anilines is 1. The summed E-state index contributed by atoms with van der Waals surface area (Å²) in [7, 11) is -3.96. The number of rotatable bonds is 8. The predicted molar refractivity (Wildman–Crippen MR) is 191 cm³/mol. The number of allylic oxidation sites excluding steroid dienone is 1. The number of aromatic nitrogens is 2. The smallest absolute Gasteiger partial charge is 0.303 e. The van der Waals surface area contributed by atoms with Gasteiger partial charge in [-0.1, -0.05) is 111 Å². The van der Waals surface area contributed by atoms with Crippen molar-refractivity contribution in [2.45, 2.75) is 33.6 Å². The minimum atomic E-state index is -3.96. The van der Waals surface area contributed by atoms with Crippen LogP contribution in [0.4, 0.5) is 5.69 Å². The van der Waals surface area contributed by atoms with Crippen LogP contribution in [0, 0.1) is 5.41 Å². The summed E-state index contributed by atoms with van der Waals surface area (Å²) < 4.78 is 30.1. The third kappa shape index (κ3) is 7.62. The van der Waals surface area contributed by atoms with Crippen molar-refractivity contribution in [3.05, 3.63) is 130 Å². The molecule has 0 aliphatic carbocycles. The zero-order valence-electron chi connectivity index (χ0n) is 26.2. The quantitative estimate of drug-likeness (QED) is 0.177. The molecule has 1 N–H and O–H groups in total. The lowest BCUT2D eigenvalue weighted by Crippen LogP contribution is -2.29. The van der Waals surface area contributed by atoms with E-state index < -0.39 is 16.1 Å². The van der Waals surface area contributed by atoms with Crippen LogP contribution in [0.25, 0.3) is 34.1 Å². The Labute approximate surface area is 285 Å². The molecule has 0 bridgehead atoms. The van der Waals surface area contributed by atoms with Crippen LogP contribution >= 0.6 is 23.2 Å². The van der Waals surface area contributed by atoms with Gasteiger partial charge in [0.25, 0.3) is 5.91 Å². The Bertz CT molecular complexity index is 2080. The Balaban J connectivity index is 1.30. The summed E-state index contributed by atoms with van der Waals surface area (Å²) >= 11 is 12.7. The molecule has 0 unspecified atom stereocenters. The molecular weight excluding hydrogens is 651 g/mol. The molecule has 6 rings (SSSR count). The van der Waals surface area contributed by atoms with Crippen LogP contribution in [-0.2, 0) is 21.4 Å². The second-order valence-corrected chi connectivity index (χ2v) is 15.2. The molecule has 5 aromatic rings. The molecule has 240 valence electrons. The average Bonchev–Trinajstić information content (AvgIpc) is 3.55. The average molecular weight is 686 g/mol. The standard InChI is InChI=1S/C37H34Cl2N4O3S/c1-37(2,3)19-5-6-25-9-13-27(14-10-25)28-15-11-26(12-16-28)20-35-40-34(32-18-17-29(38)21-33(32)39)23-42(35)30-7-4-8-31(22-30)43-24-36(44)41-47(43,45)46/h4-18,21-23H,19-20,24H2,1-3H3,(H,41,44). The SMILES string of the molecule is CC(C)(C)CC=Cc1ccc(-c2ccc(Cc3nc(-c4ccc(Cl)cc4Cl)cn3-c3cccc(N4CC(=O)NS4(=O)=O)c3)cc2)cc1. The molecular formula is C37H34Cl2N4O3S. The Morgan fingerprint density at radius 1 is 0.894 bits per heavy atom. The van der Waals surface area contributed by atoms with E-state index in [-0.39, 0.29) is 12.0 Å². The minimum Gasteiger partial charge on any atom is -0.303 e. The summed E-state index contributed by atoms with van der Waals surface area (Å²) in [5.74, 6) is 0.145. The first-order valence-electron chi connectivity index (χ1n) is 15.2. The van der Waals surface area contributed by atoms with E-state index in [1.807, 2.05) is 27.6 Å². The molecule has 1 aliphatic heterocycles. The molecule has 1 amide bonds. The van der Waals surface area contributed by atoms with Crippen molar-refractivity contribution in [1.29, 1.82) is 0 Å². The van der Waals surface area contributed by atoms with Crippen molar-refractivity contribution in [3.63, 3.8) is 0 Å². The number of carbonyl (C=O) groups excluding carboxylic acids is 1. The van der Waals surface area contributed by atoms with E-state index in [4.69, 9.17) is 28.2 Å². The van der Waals surface area contributed by atoms with Gasteiger partial charge in [0, 0.05) is 28.9 Å². The molecule has 2 heterocycles. The van der Waals surface area contributed by atoms with Crippen LogP contribution in [0.3, 0.4) is 0 Å². The van der Waals surface area contributed by atoms with Crippen molar-refractivity contribution in [3.8, 4) is 28.1 Å². The first-order valence-corrected chi connectivity index (χ1v) is 17.4. The Kier molecular flexibility index (Phi) is 9.03. The number of halogens is 2. The first kappa shape index (κ1) is 32.6. The number of hydrogen-bond donors (Lipinski definition) is 1. The molecule has 1 fully saturated rings. The molecule has 47 heavy (non-hydrogen) atoms. The van der Waals surface area contributed by atoms with Gasteiger partial charge in [0.1, 0.15) is 12.4 Å². The fourth-order valence-corrected chi connectivity index (χ4v) is 7.05. The summed E-state index contributed by atoms with van der Waals surface area (Å²) in [6, 6.07) is 29.2. The molecule has 10 heteroatoms. The Hall–Kier alpha value is -4.37. The van der Waals surface area contributed by atoms with Gasteiger partial charge in [-0.25, -0.2) is 14.0 Å². The van der Waals surface area contributed by atoms with E-state index >= 15 is 0 Å². The van der Waals surface area contributed by atoms with Crippen molar-refractivity contribution in [2.24, 2.45) is 5.41 Å². The number of benzene rings is 4. The highest BCUT2D eigenvalue weighted by Crippen LogP contribution is 2.33. The number of amides is 1. The summed E-state index contributed by atoms with van der Waals surface area (Å²) in [6.07, 6.45) is 7.78. The molecule has 1 aromatic heterocycles. The zero-order valence-corrected chi connectivity index (χ0v) is 28.6. The third-order valence-electron chi connectivity index (χ3n) is 7.80. The molecule has 1 aliphatic rings. The largest absolute Gasteiger partial charge is 0.326 e. The maximum atomic E-state index is 12.6. The van der Waals surface area contributed by atoms with E-state index in [9.17, 15) is 13.2 Å². The second kappa shape index (κ2) is 13.0. The Morgan fingerprint density at radius 3 is 2.21 bits per heavy atom. The van der Waals surface area contributed by atoms with Gasteiger partial charge in [-0.2, -0.15) is 8.42 Å². The number of nitrogens with zero attached hydrogens (tertiary/aromatic N) is 3. The summed E-state index contributed by atoms with van der Waals surface area (Å²) in [6.45, 7) is 6.41. The van der Waals surface area contributed by atoms with Gasteiger partial charge < -0.3 is 4.57 Å². The topological polar surface area (TPSA) is 84.3 Å². The third-order valence-corrected chi connectivity index (χ3v) is 9.76. The van der Waals surface area contributed by atoms with Crippen LogP contribution in [0.5, 0.6) is 0 Å². The molecule has 0 radical (unpaired) electrons. The molecule has 0 saturated carbocycles. The van der Waals surface area contributed by atoms with E-state index in [0.717, 1.165) is 38.8 Å². The molecule has 4 aromatic carbocycles. The van der Waals surface area contributed by atoms with Crippen LogP contribution in [-0.4, -0.2) is 30.4 Å². The van der Waals surface area contributed by atoms with Crippen LogP contribution in [0.1, 0.15) is 44.1 Å². The van der Waals surface area contributed by atoms with E-state index in [1.54, 1.807) is 30.3 Å². The van der Waals surface area contributed by atoms with Gasteiger partial charge in [0.2, 0.25) is 0 Å². The Morgan fingerprint density at radius 2 is 1.57 bits per heavy atom. The maximum absolute atomic E-state index is 12.6. The number of nitrogens with one attached hydrogen (secondary N) is 1. The lowest BCUT2D eigenvalue weighted by atomic mass is 9.92. The summed E-state index contributed by atoms with van der Waals surface area (Å²) in [4.78, 5) is 16.9. The van der Waals surface area contributed by atoms with Gasteiger partial charge in [-0.15, -0.1) is 0 Å². The maximum Gasteiger partial charge on any atom is 0.326 e. The lowest BCUT2D eigenvalue weighted by molar-refractivity contribution is -0.117. The molecule has 0 spiro atoms. The van der Waals surface area contributed by atoms with Crippen molar-refractivity contribution >= 4 is 51.1 Å². The second-order valence-electron chi connectivity index (χ2n) is 12.8. The lowest BCUT2D eigenvalue weighted by Gasteiger charge is -2.16. The van der Waals surface area contributed by atoms with Crippen LogP contribution in [0.15, 0.2) is 103 Å². The first-order chi connectivity index (χ1) is 22.3. The van der Waals surface area contributed by atoms with E-state index in [1.165, 1.54) is 5.56 Å². The highest BCUT2D eigenvalue weighted by molar-refractivity contribution is 7.92. The fourth-order valence-electron chi connectivity index (χ4n) is 5.40. The van der Waals surface area contributed by atoms with Crippen molar-refractivity contribution in [2.75, 3.05) is 10.8 Å². The number of carbonyl (C=O) groups is 1. The zero-order chi connectivity index (χ0) is 33.3. The van der Waals surface area contributed by atoms with Gasteiger partial charge >= 0.3 is 10.2 Å². The van der Waals surface area contributed by atoms with E-state index in [2.05, 4.69) is 81.5 Å². The number of imidazole rings is 1. The minimum absolute atomic E-state index is 0.264. The van der Waals surface area contributed by atoms with Crippen LogP contribution in [0.2, 0.25) is 10.0 Å². The van der Waals surface area contributed by atoms with Gasteiger partial charge in [-0.3, -0.25) is 4.79 Å². The van der Waals surface area contributed by atoms with Crippen molar-refractivity contribution < 1.29 is 13.2 Å². The number of hydrogen-bond acceptors (Lipinski definition) is 4. The van der Waals surface area contributed by atoms with Crippen LogP contribution < -0.4 is 9.03 Å². The highest BCUT2D eigenvalue weighted by atomic mass is 35.5. The normalized spacial score (nSPS) is 14.6. The molecule has 1 saturated heterocycles. The van der Waals surface area contributed by atoms with Gasteiger partial charge in [-0.05, 0) is 70.5 Å². The predicted octanol–water partition coefficient (Wildman–Crippen LogP) is 8.73. The molecule has 7 nitrogen and oxygen atoms in total. The van der Waals surface area contributed by atoms with Gasteiger partial charge in [0.05, 0.1) is 16.4 Å². The summed E-state index contributed by atoms with van der Waals surface area (Å²) in [5, 5.41) is 0.989. The monoisotopic (exact) mass is 684 g/mol. The molecule has 0 atom stereocenters. The highest BCUT2D eigenvalue weighted by Gasteiger charge is 2.34. The van der Waals surface area contributed by atoms with Crippen molar-refractivity contribution in [1.82, 2.24) is 14.3 Å². The van der Waals surface area contributed by atoms with E-state index in [0.29, 0.717) is 33.5 Å².